The SMILES string of the molecule is CC(C)C(=O)Nc1nc2c(s1)CCCC2.Cl. The highest BCUT2D eigenvalue weighted by atomic mass is 35.5. The van der Waals surface area contributed by atoms with Crippen LogP contribution in [0.2, 0.25) is 0 Å². The number of carbonyl (C=O) groups excluding carboxylic acids is 1. The predicted molar refractivity (Wildman–Crippen MR) is 69.5 cm³/mol. The van der Waals surface area contributed by atoms with E-state index in [1.807, 2.05) is 13.8 Å². The van der Waals surface area contributed by atoms with Gasteiger partial charge in [0.1, 0.15) is 0 Å². The molecule has 0 saturated heterocycles. The molecule has 16 heavy (non-hydrogen) atoms. The third kappa shape index (κ3) is 2.95. The van der Waals surface area contributed by atoms with E-state index in [4.69, 9.17) is 0 Å². The predicted octanol–water partition coefficient (Wildman–Crippen LogP) is 3.04. The fraction of sp³-hybridized carbons (Fsp3) is 0.636. The molecule has 0 fully saturated rings. The molecule has 1 heterocycles. The van der Waals surface area contributed by atoms with Gasteiger partial charge in [-0.3, -0.25) is 4.79 Å². The first-order chi connectivity index (χ1) is 7.16. The Bertz CT molecular complexity index is 353. The van der Waals surface area contributed by atoms with Gasteiger partial charge in [-0.05, 0) is 25.7 Å². The molecule has 1 N–H and O–H groups in total. The molecule has 0 aromatic carbocycles. The van der Waals surface area contributed by atoms with Gasteiger partial charge in [-0.2, -0.15) is 0 Å². The Hall–Kier alpha value is -0.610. The monoisotopic (exact) mass is 260 g/mol. The fourth-order valence-electron chi connectivity index (χ4n) is 1.66. The molecule has 0 spiro atoms. The standard InChI is InChI=1S/C11H16N2OS.ClH/c1-7(2)10(14)13-11-12-8-5-3-4-6-9(8)15-11;/h7H,3-6H2,1-2H3,(H,12,13,14);1H. The summed E-state index contributed by atoms with van der Waals surface area (Å²) in [5.74, 6) is 0.0759. The highest BCUT2D eigenvalue weighted by Gasteiger charge is 2.16. The number of fused-ring (bicyclic) bond motifs is 1. The van der Waals surface area contributed by atoms with Gasteiger partial charge in [0.15, 0.2) is 5.13 Å². The Morgan fingerprint density at radius 3 is 2.69 bits per heavy atom. The van der Waals surface area contributed by atoms with Crippen molar-refractivity contribution in [1.82, 2.24) is 4.98 Å². The topological polar surface area (TPSA) is 42.0 Å². The molecule has 2 rings (SSSR count). The minimum absolute atomic E-state index is 0. The van der Waals surface area contributed by atoms with Crippen molar-refractivity contribution in [3.05, 3.63) is 10.6 Å². The quantitative estimate of drug-likeness (QED) is 0.888. The third-order valence-corrected chi connectivity index (χ3v) is 3.67. The zero-order valence-electron chi connectivity index (χ0n) is 9.58. The fourth-order valence-corrected chi connectivity index (χ4v) is 2.71. The van der Waals surface area contributed by atoms with Crippen LogP contribution in [0.3, 0.4) is 0 Å². The summed E-state index contributed by atoms with van der Waals surface area (Å²) in [7, 11) is 0. The molecule has 0 saturated carbocycles. The first kappa shape index (κ1) is 13.5. The molecule has 90 valence electrons. The maximum atomic E-state index is 11.5. The lowest BCUT2D eigenvalue weighted by molar-refractivity contribution is -0.118. The second kappa shape index (κ2) is 5.64. The van der Waals surface area contributed by atoms with Crippen LogP contribution in [-0.2, 0) is 17.6 Å². The number of amides is 1. The van der Waals surface area contributed by atoms with Crippen molar-refractivity contribution in [2.75, 3.05) is 5.32 Å². The lowest BCUT2D eigenvalue weighted by Gasteiger charge is -2.06. The number of aryl methyl sites for hydroxylation is 2. The Labute approximate surface area is 106 Å². The van der Waals surface area contributed by atoms with Gasteiger partial charge in [-0.1, -0.05) is 13.8 Å². The maximum absolute atomic E-state index is 11.5. The molecule has 1 aliphatic carbocycles. The van der Waals surface area contributed by atoms with Crippen LogP contribution in [-0.4, -0.2) is 10.9 Å². The van der Waals surface area contributed by atoms with Crippen molar-refractivity contribution in [2.45, 2.75) is 39.5 Å². The normalized spacial score (nSPS) is 14.2. The summed E-state index contributed by atoms with van der Waals surface area (Å²) in [6.45, 7) is 3.78. The summed E-state index contributed by atoms with van der Waals surface area (Å²) in [6, 6.07) is 0. The number of rotatable bonds is 2. The molecular formula is C11H17ClN2OS. The zero-order chi connectivity index (χ0) is 10.8. The Morgan fingerprint density at radius 1 is 1.38 bits per heavy atom. The summed E-state index contributed by atoms with van der Waals surface area (Å²) in [5, 5.41) is 3.65. The highest BCUT2D eigenvalue weighted by Crippen LogP contribution is 2.29. The van der Waals surface area contributed by atoms with Crippen LogP contribution in [0.1, 0.15) is 37.3 Å². The van der Waals surface area contributed by atoms with Gasteiger partial charge < -0.3 is 5.32 Å². The Balaban J connectivity index is 0.00000128. The minimum Gasteiger partial charge on any atom is -0.302 e. The third-order valence-electron chi connectivity index (χ3n) is 2.60. The number of anilines is 1. The number of carbonyl (C=O) groups is 1. The largest absolute Gasteiger partial charge is 0.302 e. The average Bonchev–Trinajstić information content (AvgIpc) is 2.59. The van der Waals surface area contributed by atoms with E-state index in [1.165, 1.54) is 23.4 Å². The molecule has 0 unspecified atom stereocenters. The number of nitrogens with one attached hydrogen (secondary N) is 1. The van der Waals surface area contributed by atoms with Crippen molar-refractivity contribution >= 4 is 34.8 Å². The average molecular weight is 261 g/mol. The molecule has 1 aliphatic rings. The van der Waals surface area contributed by atoms with Gasteiger partial charge in [0.2, 0.25) is 5.91 Å². The second-order valence-electron chi connectivity index (χ2n) is 4.24. The molecule has 3 nitrogen and oxygen atoms in total. The molecule has 0 radical (unpaired) electrons. The molecule has 1 amide bonds. The van der Waals surface area contributed by atoms with Crippen LogP contribution in [0.25, 0.3) is 0 Å². The number of halogens is 1. The Morgan fingerprint density at radius 2 is 2.06 bits per heavy atom. The number of thiazole rings is 1. The molecule has 0 aliphatic heterocycles. The first-order valence-electron chi connectivity index (χ1n) is 5.46. The van der Waals surface area contributed by atoms with Crippen LogP contribution in [0, 0.1) is 5.92 Å². The molecule has 1 aromatic rings. The van der Waals surface area contributed by atoms with E-state index in [2.05, 4.69) is 10.3 Å². The molecule has 1 aromatic heterocycles. The van der Waals surface area contributed by atoms with Gasteiger partial charge >= 0.3 is 0 Å². The van der Waals surface area contributed by atoms with E-state index in [1.54, 1.807) is 11.3 Å². The van der Waals surface area contributed by atoms with Gasteiger partial charge in [0.05, 0.1) is 5.69 Å². The maximum Gasteiger partial charge on any atom is 0.228 e. The summed E-state index contributed by atoms with van der Waals surface area (Å²) in [4.78, 5) is 17.3. The van der Waals surface area contributed by atoms with E-state index in [-0.39, 0.29) is 24.2 Å². The lowest BCUT2D eigenvalue weighted by atomic mass is 10.0. The van der Waals surface area contributed by atoms with Gasteiger partial charge in [0.25, 0.3) is 0 Å². The molecule has 0 bridgehead atoms. The summed E-state index contributed by atoms with van der Waals surface area (Å²) in [5.41, 5.74) is 1.20. The zero-order valence-corrected chi connectivity index (χ0v) is 11.2. The van der Waals surface area contributed by atoms with Crippen LogP contribution in [0.15, 0.2) is 0 Å². The number of nitrogens with zero attached hydrogens (tertiary/aromatic N) is 1. The van der Waals surface area contributed by atoms with Crippen molar-refractivity contribution in [3.63, 3.8) is 0 Å². The van der Waals surface area contributed by atoms with E-state index in [0.717, 1.165) is 18.0 Å². The summed E-state index contributed by atoms with van der Waals surface area (Å²) >= 11 is 1.64. The molecular weight excluding hydrogens is 244 g/mol. The van der Waals surface area contributed by atoms with Gasteiger partial charge in [-0.15, -0.1) is 23.7 Å². The van der Waals surface area contributed by atoms with Gasteiger partial charge in [0, 0.05) is 10.8 Å². The smallest absolute Gasteiger partial charge is 0.228 e. The molecule has 0 atom stereocenters. The van der Waals surface area contributed by atoms with Gasteiger partial charge in [-0.25, -0.2) is 4.98 Å². The highest BCUT2D eigenvalue weighted by molar-refractivity contribution is 7.15. The van der Waals surface area contributed by atoms with Crippen LogP contribution in [0.5, 0.6) is 0 Å². The number of aromatic nitrogens is 1. The van der Waals surface area contributed by atoms with E-state index >= 15 is 0 Å². The summed E-state index contributed by atoms with van der Waals surface area (Å²) < 4.78 is 0. The summed E-state index contributed by atoms with van der Waals surface area (Å²) in [6.07, 6.45) is 4.69. The Kier molecular flexibility index (Phi) is 4.74. The number of hydrogen-bond acceptors (Lipinski definition) is 3. The molecule has 5 heteroatoms. The van der Waals surface area contributed by atoms with Crippen molar-refractivity contribution in [3.8, 4) is 0 Å². The van der Waals surface area contributed by atoms with Crippen molar-refractivity contribution in [1.29, 1.82) is 0 Å². The van der Waals surface area contributed by atoms with E-state index in [0.29, 0.717) is 0 Å². The minimum atomic E-state index is 0. The second-order valence-corrected chi connectivity index (χ2v) is 5.32. The first-order valence-corrected chi connectivity index (χ1v) is 6.28. The van der Waals surface area contributed by atoms with E-state index in [9.17, 15) is 4.79 Å². The van der Waals surface area contributed by atoms with Crippen LogP contribution in [0.4, 0.5) is 5.13 Å². The van der Waals surface area contributed by atoms with E-state index < -0.39 is 0 Å². The van der Waals surface area contributed by atoms with Crippen LogP contribution < -0.4 is 5.32 Å². The van der Waals surface area contributed by atoms with Crippen molar-refractivity contribution < 1.29 is 4.79 Å². The van der Waals surface area contributed by atoms with Crippen molar-refractivity contribution in [2.24, 2.45) is 5.92 Å². The number of hydrogen-bond donors (Lipinski definition) is 1. The lowest BCUT2D eigenvalue weighted by Crippen LogP contribution is -2.17. The van der Waals surface area contributed by atoms with Crippen LogP contribution >= 0.6 is 23.7 Å².